The average Bonchev–Trinajstić information content (AvgIpc) is 4.04. The van der Waals surface area contributed by atoms with Crippen LogP contribution in [0.2, 0.25) is 0 Å². The van der Waals surface area contributed by atoms with Gasteiger partial charge in [-0.15, -0.1) is 11.3 Å². The van der Waals surface area contributed by atoms with E-state index < -0.39 is 47.0 Å². The Labute approximate surface area is 440 Å². The summed E-state index contributed by atoms with van der Waals surface area (Å²) in [6, 6.07) is 9.78. The molecule has 3 aromatic rings. The number of likely N-dealkylation sites (tertiary alicyclic amines) is 2. The van der Waals surface area contributed by atoms with Crippen LogP contribution < -0.4 is 10.6 Å². The number of hydrogen-bond donors (Lipinski definition) is 4. The first kappa shape index (κ1) is 56.9. The summed E-state index contributed by atoms with van der Waals surface area (Å²) in [5, 5.41) is 27.9. The summed E-state index contributed by atoms with van der Waals surface area (Å²) in [5.41, 5.74) is 7.19. The van der Waals surface area contributed by atoms with Gasteiger partial charge in [-0.25, -0.2) is 9.78 Å². The monoisotopic (exact) mass is 1050 g/mol. The van der Waals surface area contributed by atoms with E-state index in [0.717, 1.165) is 89.3 Å². The maximum absolute atomic E-state index is 14.0. The molecule has 2 saturated heterocycles. The Hall–Kier alpha value is -4.79. The van der Waals surface area contributed by atoms with Crippen molar-refractivity contribution in [1.29, 1.82) is 0 Å². The molecule has 2 aromatic carbocycles. The van der Waals surface area contributed by atoms with Gasteiger partial charge in [0.15, 0.2) is 11.4 Å². The van der Waals surface area contributed by atoms with Crippen LogP contribution in [0.25, 0.3) is 16.0 Å². The minimum absolute atomic E-state index is 0.0192. The zero-order valence-electron chi connectivity index (χ0n) is 44.7. The van der Waals surface area contributed by atoms with E-state index in [1.165, 1.54) is 4.90 Å². The molecule has 18 heteroatoms. The van der Waals surface area contributed by atoms with Crippen LogP contribution in [-0.4, -0.2) is 164 Å². The first-order valence-electron chi connectivity index (χ1n) is 26.4. The number of hydrogen-bond acceptors (Lipinski definition) is 15. The van der Waals surface area contributed by atoms with Gasteiger partial charge in [0.1, 0.15) is 24.3 Å². The minimum atomic E-state index is -0.967. The van der Waals surface area contributed by atoms with Crippen molar-refractivity contribution in [2.45, 2.75) is 142 Å². The zero-order chi connectivity index (χ0) is 53.2. The molecule has 0 radical (unpaired) electrons. The first-order chi connectivity index (χ1) is 35.3. The molecule has 4 atom stereocenters. The molecule has 3 fully saturated rings. The number of rotatable bonds is 23. The Balaban J connectivity index is 0.702. The van der Waals surface area contributed by atoms with Crippen LogP contribution in [0.5, 0.6) is 0 Å². The van der Waals surface area contributed by atoms with E-state index in [9.17, 15) is 29.4 Å². The van der Waals surface area contributed by atoms with Crippen molar-refractivity contribution in [3.8, 4) is 10.4 Å². The van der Waals surface area contributed by atoms with Crippen LogP contribution >= 0.6 is 11.3 Å². The topological polar surface area (TPSA) is 208 Å². The summed E-state index contributed by atoms with van der Waals surface area (Å²) in [6.07, 6.45) is 3.90. The molecular weight excluding hydrogens is 967 g/mol. The van der Waals surface area contributed by atoms with Gasteiger partial charge in [0.05, 0.1) is 86.7 Å². The molecule has 0 bridgehead atoms. The molecule has 1 aromatic heterocycles. The third-order valence-electron chi connectivity index (χ3n) is 14.7. The van der Waals surface area contributed by atoms with Gasteiger partial charge in [-0.1, -0.05) is 62.7 Å². The number of carbonyl (C=O) groups excluding carboxylic acids is 4. The molecule has 3 aliphatic heterocycles. The third kappa shape index (κ3) is 14.6. The Morgan fingerprint density at radius 3 is 2.05 bits per heavy atom. The molecular formula is C56H79N5O12S. The summed E-state index contributed by atoms with van der Waals surface area (Å²) < 4.78 is 35.1. The number of piperidine rings is 1. The van der Waals surface area contributed by atoms with Gasteiger partial charge in [-0.2, -0.15) is 0 Å². The van der Waals surface area contributed by atoms with Crippen LogP contribution in [0, 0.1) is 33.1 Å². The van der Waals surface area contributed by atoms with E-state index in [2.05, 4.69) is 20.5 Å². The highest BCUT2D eigenvalue weighted by Crippen LogP contribution is 2.47. The van der Waals surface area contributed by atoms with Gasteiger partial charge in [0.25, 0.3) is 0 Å². The molecule has 4 aliphatic rings. The number of nitrogens with zero attached hydrogens (tertiary/aromatic N) is 3. The number of amides is 3. The van der Waals surface area contributed by atoms with E-state index in [1.807, 2.05) is 97.3 Å². The number of aromatic nitrogens is 1. The molecule has 3 amide bonds. The number of aliphatic hydroxyl groups excluding tert-OH is 2. The van der Waals surface area contributed by atoms with E-state index in [1.54, 1.807) is 11.3 Å². The molecule has 1 saturated carbocycles. The van der Waals surface area contributed by atoms with Gasteiger partial charge in [0, 0.05) is 32.6 Å². The van der Waals surface area contributed by atoms with Crippen molar-refractivity contribution in [2.75, 3.05) is 79.0 Å². The standard InChI is InChI=1S/C56H79N5O12S/c1-35-29-36(2)47(37(3)30-35)48-51(64)56(73-54(48)67)17-13-43(14-18-56)72-44-15-19-60(20-16-44)21-22-68-23-24-69-25-26-70-27-28-71-33-46(63)59-50(55(6,7)8)53(66)61-32-42(62)31-45(61)52(65)58-38(4)40-9-11-41(12-10-40)49-39(5)57-34-74-49/h9-12,29-30,34,38,42-45,50,62,64H,13-28,31-33H2,1-8H3,(H,58,65)(H,59,63)/t38-,42+,43?,45-,50+,56?/m0/s1. The molecule has 0 unspecified atom stereocenters. The second-order valence-electron chi connectivity index (χ2n) is 21.5. The summed E-state index contributed by atoms with van der Waals surface area (Å²) in [7, 11) is 0. The normalized spacial score (nSPS) is 22.6. The van der Waals surface area contributed by atoms with Crippen molar-refractivity contribution >= 4 is 40.6 Å². The number of carbonyl (C=O) groups is 4. The maximum Gasteiger partial charge on any atom is 0.343 e. The average molecular weight is 1050 g/mol. The minimum Gasteiger partial charge on any atom is -0.507 e. The summed E-state index contributed by atoms with van der Waals surface area (Å²) in [4.78, 5) is 63.0. The lowest BCUT2D eigenvalue weighted by molar-refractivity contribution is -0.154. The van der Waals surface area contributed by atoms with Gasteiger partial charge in [-0.3, -0.25) is 14.4 Å². The molecule has 4 heterocycles. The summed E-state index contributed by atoms with van der Waals surface area (Å²) >= 11 is 1.57. The number of ether oxygens (including phenoxy) is 6. The van der Waals surface area contributed by atoms with Crippen molar-refractivity contribution < 1.29 is 57.8 Å². The highest BCUT2D eigenvalue weighted by atomic mass is 32.1. The molecule has 1 spiro atoms. The summed E-state index contributed by atoms with van der Waals surface area (Å²) in [6.45, 7) is 20.4. The van der Waals surface area contributed by atoms with E-state index >= 15 is 0 Å². The molecule has 17 nitrogen and oxygen atoms in total. The van der Waals surface area contributed by atoms with E-state index in [-0.39, 0.29) is 62.7 Å². The lowest BCUT2D eigenvalue weighted by atomic mass is 9.80. The molecule has 1 aliphatic carbocycles. The van der Waals surface area contributed by atoms with Crippen LogP contribution in [0.4, 0.5) is 0 Å². The number of nitrogens with one attached hydrogen (secondary N) is 2. The van der Waals surface area contributed by atoms with Crippen LogP contribution in [0.3, 0.4) is 0 Å². The Bertz CT molecular complexity index is 2400. The lowest BCUT2D eigenvalue weighted by Crippen LogP contribution is -2.58. The van der Waals surface area contributed by atoms with Gasteiger partial charge >= 0.3 is 5.97 Å². The third-order valence-corrected chi connectivity index (χ3v) is 15.7. The van der Waals surface area contributed by atoms with Gasteiger partial charge in [-0.05, 0) is 106 Å². The second-order valence-corrected chi connectivity index (χ2v) is 22.4. The predicted octanol–water partition coefficient (Wildman–Crippen LogP) is 6.47. The van der Waals surface area contributed by atoms with Gasteiger partial charge < -0.3 is 59.1 Å². The first-order valence-corrected chi connectivity index (χ1v) is 27.2. The number of benzene rings is 2. The fourth-order valence-electron chi connectivity index (χ4n) is 10.7. The van der Waals surface area contributed by atoms with Crippen molar-refractivity contribution in [2.24, 2.45) is 5.41 Å². The van der Waals surface area contributed by atoms with E-state index in [4.69, 9.17) is 28.4 Å². The highest BCUT2D eigenvalue weighted by molar-refractivity contribution is 7.13. The Morgan fingerprint density at radius 2 is 1.46 bits per heavy atom. The Kier molecular flexibility index (Phi) is 19.9. The number of β-amino-alcohol motifs (C(OH)–C–C–N with tert-alkyl or cyclic N) is 1. The fraction of sp³-hybridized carbons (Fsp3) is 0.625. The molecule has 74 heavy (non-hydrogen) atoms. The smallest absolute Gasteiger partial charge is 0.343 e. The largest absolute Gasteiger partial charge is 0.507 e. The van der Waals surface area contributed by atoms with Gasteiger partial charge in [0.2, 0.25) is 17.7 Å². The van der Waals surface area contributed by atoms with E-state index in [0.29, 0.717) is 51.4 Å². The number of esters is 1. The van der Waals surface area contributed by atoms with Crippen LogP contribution in [0.1, 0.15) is 112 Å². The SMILES string of the molecule is Cc1cc(C)c(C2=C(O)C3(CCC(OC4CCN(CCOCCOCCOCCOCC(=O)N[C@H](C(=O)N5C[C@H](O)C[C@H]5C(=O)N[C@@H](C)c5ccc(-c6scnc6C)cc5)C(C)(C)C)CC4)CC3)OC2=O)c(C)c1. The van der Waals surface area contributed by atoms with Crippen molar-refractivity contribution in [3.63, 3.8) is 0 Å². The summed E-state index contributed by atoms with van der Waals surface area (Å²) in [5.74, 6) is -1.66. The molecule has 7 rings (SSSR count). The lowest BCUT2D eigenvalue weighted by Gasteiger charge is -2.39. The fourth-order valence-corrected chi connectivity index (χ4v) is 11.5. The van der Waals surface area contributed by atoms with Crippen molar-refractivity contribution in [3.05, 3.63) is 81.2 Å². The zero-order valence-corrected chi connectivity index (χ0v) is 45.5. The maximum atomic E-state index is 14.0. The number of aliphatic hydroxyl groups is 2. The molecule has 406 valence electrons. The predicted molar refractivity (Wildman–Crippen MR) is 281 cm³/mol. The highest BCUT2D eigenvalue weighted by Gasteiger charge is 2.51. The number of aryl methyl sites for hydroxylation is 4. The Morgan fingerprint density at radius 1 is 0.865 bits per heavy atom. The number of thiazole rings is 1. The quantitative estimate of drug-likeness (QED) is 0.0594. The van der Waals surface area contributed by atoms with Crippen LogP contribution in [-0.2, 0) is 47.6 Å². The second kappa shape index (κ2) is 25.8. The van der Waals surface area contributed by atoms with Crippen LogP contribution in [0.15, 0.2) is 47.7 Å². The molecule has 4 N–H and O–H groups in total. The van der Waals surface area contributed by atoms with Crippen molar-refractivity contribution in [1.82, 2.24) is 25.4 Å².